The van der Waals surface area contributed by atoms with Gasteiger partial charge in [-0.1, -0.05) is 45.4 Å². The van der Waals surface area contributed by atoms with Crippen molar-refractivity contribution in [2.75, 3.05) is 6.54 Å². The summed E-state index contributed by atoms with van der Waals surface area (Å²) in [4.78, 5) is 13.7. The molecule has 0 N–H and O–H groups in total. The largest absolute Gasteiger partial charge is 0.327 e. The quantitative estimate of drug-likeness (QED) is 0.617. The van der Waals surface area contributed by atoms with Gasteiger partial charge in [0.05, 0.1) is 6.07 Å². The first-order valence-electron chi connectivity index (χ1n) is 7.48. The molecule has 1 saturated heterocycles. The van der Waals surface area contributed by atoms with Crippen LogP contribution < -0.4 is 0 Å². The van der Waals surface area contributed by atoms with Crippen LogP contribution in [0.4, 0.5) is 0 Å². The summed E-state index contributed by atoms with van der Waals surface area (Å²) < 4.78 is 0. The lowest BCUT2D eigenvalue weighted by Gasteiger charge is -2.19. The zero-order chi connectivity index (χ0) is 13.2. The Balaban J connectivity index is 2.05. The number of unbranched alkanes of at least 4 members (excludes halogenated alkanes) is 6. The van der Waals surface area contributed by atoms with Crippen LogP contribution in [0.25, 0.3) is 0 Å². The van der Waals surface area contributed by atoms with Gasteiger partial charge < -0.3 is 4.90 Å². The number of nitriles is 1. The summed E-state index contributed by atoms with van der Waals surface area (Å²) >= 11 is 0. The highest BCUT2D eigenvalue weighted by molar-refractivity contribution is 5.77. The molecule has 1 atom stereocenters. The molecule has 18 heavy (non-hydrogen) atoms. The molecule has 1 fully saturated rings. The van der Waals surface area contributed by atoms with E-state index in [0.29, 0.717) is 6.42 Å². The van der Waals surface area contributed by atoms with Crippen LogP contribution in [0.15, 0.2) is 0 Å². The van der Waals surface area contributed by atoms with Gasteiger partial charge >= 0.3 is 0 Å². The van der Waals surface area contributed by atoms with Crippen LogP contribution in [0.3, 0.4) is 0 Å². The second kappa shape index (κ2) is 8.97. The summed E-state index contributed by atoms with van der Waals surface area (Å²) in [5.74, 6) is 0.188. The van der Waals surface area contributed by atoms with E-state index in [1.807, 2.05) is 0 Å². The van der Waals surface area contributed by atoms with E-state index < -0.39 is 0 Å². The maximum atomic E-state index is 11.9. The number of carbonyl (C=O) groups excluding carboxylic acids is 1. The van der Waals surface area contributed by atoms with E-state index in [0.717, 1.165) is 32.2 Å². The lowest BCUT2D eigenvalue weighted by molar-refractivity contribution is -0.131. The number of carbonyl (C=O) groups is 1. The van der Waals surface area contributed by atoms with Crippen LogP contribution >= 0.6 is 0 Å². The van der Waals surface area contributed by atoms with Crippen LogP contribution in [-0.2, 0) is 4.79 Å². The molecular weight excluding hydrogens is 224 g/mol. The monoisotopic (exact) mass is 250 g/mol. The molecule has 102 valence electrons. The summed E-state index contributed by atoms with van der Waals surface area (Å²) in [6.45, 7) is 3.01. The molecule has 3 heteroatoms. The molecule has 0 saturated carbocycles. The highest BCUT2D eigenvalue weighted by Crippen LogP contribution is 2.18. The molecular formula is C15H26N2O. The molecule has 0 aliphatic carbocycles. The van der Waals surface area contributed by atoms with E-state index in [1.54, 1.807) is 4.90 Å². The van der Waals surface area contributed by atoms with Gasteiger partial charge in [0.1, 0.15) is 6.04 Å². The lowest BCUT2D eigenvalue weighted by Crippen LogP contribution is -2.34. The highest BCUT2D eigenvalue weighted by atomic mass is 16.2. The molecule has 0 spiro atoms. The fraction of sp³-hybridized carbons (Fsp3) is 0.867. The molecule has 1 aliphatic rings. The average Bonchev–Trinajstić information content (AvgIpc) is 2.85. The van der Waals surface area contributed by atoms with E-state index in [9.17, 15) is 4.79 Å². The van der Waals surface area contributed by atoms with Crippen molar-refractivity contribution in [2.24, 2.45) is 0 Å². The maximum Gasteiger partial charge on any atom is 0.223 e. The Labute approximate surface area is 111 Å². The summed E-state index contributed by atoms with van der Waals surface area (Å²) in [7, 11) is 0. The molecule has 0 aromatic carbocycles. The third-order valence-electron chi connectivity index (χ3n) is 3.72. The van der Waals surface area contributed by atoms with Gasteiger partial charge in [-0.3, -0.25) is 4.79 Å². The van der Waals surface area contributed by atoms with Crippen molar-refractivity contribution in [1.29, 1.82) is 5.26 Å². The molecule has 3 nitrogen and oxygen atoms in total. The van der Waals surface area contributed by atoms with Crippen molar-refractivity contribution in [3.05, 3.63) is 0 Å². The Morgan fingerprint density at radius 1 is 1.22 bits per heavy atom. The third-order valence-corrected chi connectivity index (χ3v) is 3.72. The second-order valence-electron chi connectivity index (χ2n) is 5.25. The first kappa shape index (κ1) is 15.0. The summed E-state index contributed by atoms with van der Waals surface area (Å²) in [5.41, 5.74) is 0. The first-order valence-corrected chi connectivity index (χ1v) is 7.48. The lowest BCUT2D eigenvalue weighted by atomic mass is 10.1. The van der Waals surface area contributed by atoms with Gasteiger partial charge in [0.15, 0.2) is 0 Å². The predicted octanol–water partition coefficient (Wildman–Crippen LogP) is 3.64. The van der Waals surface area contributed by atoms with Crippen molar-refractivity contribution in [1.82, 2.24) is 4.90 Å². The molecule has 0 aromatic heterocycles. The summed E-state index contributed by atoms with van der Waals surface area (Å²) in [6.07, 6.45) is 11.1. The van der Waals surface area contributed by atoms with E-state index in [4.69, 9.17) is 5.26 Å². The maximum absolute atomic E-state index is 11.9. The van der Waals surface area contributed by atoms with E-state index in [2.05, 4.69) is 13.0 Å². The topological polar surface area (TPSA) is 44.1 Å². The van der Waals surface area contributed by atoms with Crippen LogP contribution in [0, 0.1) is 11.3 Å². The average molecular weight is 250 g/mol. The molecule has 1 rings (SSSR count). The molecule has 1 amide bonds. The van der Waals surface area contributed by atoms with Gasteiger partial charge in [-0.2, -0.15) is 5.26 Å². The van der Waals surface area contributed by atoms with Crippen molar-refractivity contribution in [2.45, 2.75) is 77.2 Å². The molecule has 1 heterocycles. The number of nitrogens with zero attached hydrogens (tertiary/aromatic N) is 2. The minimum atomic E-state index is -0.151. The highest BCUT2D eigenvalue weighted by Gasteiger charge is 2.27. The third kappa shape index (κ3) is 5.08. The van der Waals surface area contributed by atoms with Gasteiger partial charge in [0.25, 0.3) is 0 Å². The minimum Gasteiger partial charge on any atom is -0.327 e. The van der Waals surface area contributed by atoms with Crippen molar-refractivity contribution in [3.63, 3.8) is 0 Å². The molecule has 0 bridgehead atoms. The number of hydrogen-bond donors (Lipinski definition) is 0. The van der Waals surface area contributed by atoms with E-state index in [-0.39, 0.29) is 11.9 Å². The Morgan fingerprint density at radius 2 is 1.89 bits per heavy atom. The van der Waals surface area contributed by atoms with Gasteiger partial charge in [-0.15, -0.1) is 0 Å². The second-order valence-corrected chi connectivity index (χ2v) is 5.25. The van der Waals surface area contributed by atoms with Crippen molar-refractivity contribution in [3.8, 4) is 6.07 Å². The van der Waals surface area contributed by atoms with E-state index >= 15 is 0 Å². The minimum absolute atomic E-state index is 0.151. The van der Waals surface area contributed by atoms with Crippen LogP contribution in [0.5, 0.6) is 0 Å². The van der Waals surface area contributed by atoms with Crippen molar-refractivity contribution >= 4 is 5.91 Å². The Morgan fingerprint density at radius 3 is 2.56 bits per heavy atom. The van der Waals surface area contributed by atoms with Gasteiger partial charge in [0, 0.05) is 13.0 Å². The number of hydrogen-bond acceptors (Lipinski definition) is 2. The summed E-state index contributed by atoms with van der Waals surface area (Å²) in [5, 5.41) is 8.93. The standard InChI is InChI=1S/C15H26N2O/c1-2-3-4-5-6-7-8-11-15(18)17-12-9-10-14(17)13-16/h14H,2-12H2,1H3. The Bertz CT molecular complexity index is 283. The zero-order valence-electron chi connectivity index (χ0n) is 11.7. The summed E-state index contributed by atoms with van der Waals surface area (Å²) in [6, 6.07) is 2.07. The van der Waals surface area contributed by atoms with E-state index in [1.165, 1.54) is 32.1 Å². The fourth-order valence-electron chi connectivity index (χ4n) is 2.58. The van der Waals surface area contributed by atoms with Gasteiger partial charge in [-0.05, 0) is 19.3 Å². The molecule has 0 radical (unpaired) electrons. The molecule has 1 aliphatic heterocycles. The van der Waals surface area contributed by atoms with Crippen molar-refractivity contribution < 1.29 is 4.79 Å². The smallest absolute Gasteiger partial charge is 0.223 e. The number of likely N-dealkylation sites (tertiary alicyclic amines) is 1. The Hall–Kier alpha value is -1.04. The SMILES string of the molecule is CCCCCCCCCC(=O)N1CCCC1C#N. The van der Waals surface area contributed by atoms with Gasteiger partial charge in [-0.25, -0.2) is 0 Å². The number of amides is 1. The van der Waals surface area contributed by atoms with Crippen LogP contribution in [-0.4, -0.2) is 23.4 Å². The van der Waals surface area contributed by atoms with Crippen LogP contribution in [0.2, 0.25) is 0 Å². The molecule has 0 aromatic rings. The van der Waals surface area contributed by atoms with Gasteiger partial charge in [0.2, 0.25) is 5.91 Å². The Kier molecular flexibility index (Phi) is 7.48. The van der Waals surface area contributed by atoms with Crippen LogP contribution in [0.1, 0.15) is 71.1 Å². The fourth-order valence-corrected chi connectivity index (χ4v) is 2.58. The number of rotatable bonds is 8. The zero-order valence-corrected chi connectivity index (χ0v) is 11.7. The predicted molar refractivity (Wildman–Crippen MR) is 73.0 cm³/mol. The first-order chi connectivity index (χ1) is 8.79. The normalized spacial score (nSPS) is 18.9. The molecule has 1 unspecified atom stereocenters.